The number of halogens is 2. The number of pyridine rings is 2. The molecule has 1 N–H and O–H groups in total. The number of hydrogen-bond acceptors (Lipinski definition) is 3. The van der Waals surface area contributed by atoms with Crippen LogP contribution < -0.4 is 5.32 Å². The summed E-state index contributed by atoms with van der Waals surface area (Å²) >= 11 is 11.8. The molecule has 0 saturated carbocycles. The second kappa shape index (κ2) is 5.71. The van der Waals surface area contributed by atoms with Crippen molar-refractivity contribution in [2.45, 2.75) is 6.42 Å². The Kier molecular flexibility index (Phi) is 3.77. The molecular weight excluding hydrogens is 311 g/mol. The van der Waals surface area contributed by atoms with Gasteiger partial charge in [0.15, 0.2) is 5.15 Å². The minimum atomic E-state index is -0.209. The van der Waals surface area contributed by atoms with Crippen molar-refractivity contribution in [1.29, 1.82) is 0 Å². The van der Waals surface area contributed by atoms with Gasteiger partial charge in [-0.2, -0.15) is 0 Å². The number of fused-ring (bicyclic) bond motifs is 1. The smallest absolute Gasteiger partial charge is 0.230 e. The number of amides is 1. The fraction of sp³-hybridized carbons (Fsp3) is 0.0714. The molecule has 106 valence electrons. The number of imidazole rings is 1. The average Bonchev–Trinajstić information content (AvgIpc) is 2.82. The maximum absolute atomic E-state index is 12.0. The van der Waals surface area contributed by atoms with E-state index in [1.54, 1.807) is 47.3 Å². The third-order valence-electron chi connectivity index (χ3n) is 2.84. The number of nitrogens with one attached hydrogen (secondary N) is 1. The molecular formula is C14H10Cl2N4O. The fourth-order valence-electron chi connectivity index (χ4n) is 1.94. The van der Waals surface area contributed by atoms with E-state index in [0.717, 1.165) is 5.65 Å². The van der Waals surface area contributed by atoms with Crippen molar-refractivity contribution >= 4 is 40.4 Å². The maximum atomic E-state index is 12.0. The maximum Gasteiger partial charge on any atom is 0.230 e. The number of hydrogen-bond donors (Lipinski definition) is 1. The molecule has 7 heteroatoms. The molecule has 5 nitrogen and oxygen atoms in total. The molecule has 0 unspecified atom stereocenters. The zero-order valence-electron chi connectivity index (χ0n) is 10.8. The van der Waals surface area contributed by atoms with Gasteiger partial charge in [0.25, 0.3) is 0 Å². The van der Waals surface area contributed by atoms with Crippen molar-refractivity contribution in [2.75, 3.05) is 5.32 Å². The van der Waals surface area contributed by atoms with Gasteiger partial charge in [0.05, 0.1) is 22.8 Å². The monoisotopic (exact) mass is 320 g/mol. The second-order valence-electron chi connectivity index (χ2n) is 4.41. The van der Waals surface area contributed by atoms with Gasteiger partial charge in [0.2, 0.25) is 5.91 Å². The van der Waals surface area contributed by atoms with Crippen LogP contribution in [0.4, 0.5) is 5.69 Å². The first kappa shape index (κ1) is 13.9. The molecule has 0 saturated heterocycles. The van der Waals surface area contributed by atoms with Crippen molar-refractivity contribution in [3.8, 4) is 0 Å². The van der Waals surface area contributed by atoms with Crippen LogP contribution in [-0.4, -0.2) is 20.3 Å². The van der Waals surface area contributed by atoms with Crippen LogP contribution in [0.25, 0.3) is 5.65 Å². The van der Waals surface area contributed by atoms with E-state index in [0.29, 0.717) is 16.4 Å². The van der Waals surface area contributed by atoms with Crippen molar-refractivity contribution < 1.29 is 4.79 Å². The van der Waals surface area contributed by atoms with Gasteiger partial charge in [0, 0.05) is 18.6 Å². The lowest BCUT2D eigenvalue weighted by molar-refractivity contribution is -0.115. The van der Waals surface area contributed by atoms with E-state index in [4.69, 9.17) is 23.2 Å². The lowest BCUT2D eigenvalue weighted by Crippen LogP contribution is -2.15. The van der Waals surface area contributed by atoms with E-state index in [9.17, 15) is 4.79 Å². The average molecular weight is 321 g/mol. The van der Waals surface area contributed by atoms with Gasteiger partial charge < -0.3 is 9.72 Å². The quantitative estimate of drug-likeness (QED) is 0.754. The van der Waals surface area contributed by atoms with Crippen molar-refractivity contribution in [3.63, 3.8) is 0 Å². The predicted octanol–water partition coefficient (Wildman–Crippen LogP) is 3.22. The van der Waals surface area contributed by atoms with Crippen LogP contribution in [0, 0.1) is 0 Å². The fourth-order valence-corrected chi connectivity index (χ4v) is 2.28. The molecule has 3 rings (SSSR count). The topological polar surface area (TPSA) is 59.3 Å². The van der Waals surface area contributed by atoms with Gasteiger partial charge in [-0.3, -0.25) is 4.79 Å². The second-order valence-corrected chi connectivity index (χ2v) is 5.21. The first-order valence-corrected chi connectivity index (χ1v) is 6.91. The lowest BCUT2D eigenvalue weighted by atomic mass is 10.3. The molecule has 0 aliphatic heterocycles. The molecule has 0 aliphatic carbocycles. The van der Waals surface area contributed by atoms with Gasteiger partial charge >= 0.3 is 0 Å². The predicted molar refractivity (Wildman–Crippen MR) is 81.8 cm³/mol. The van der Waals surface area contributed by atoms with Gasteiger partial charge in [-0.05, 0) is 24.3 Å². The van der Waals surface area contributed by atoms with Gasteiger partial charge in [-0.25, -0.2) is 9.97 Å². The molecule has 0 spiro atoms. The van der Waals surface area contributed by atoms with E-state index in [2.05, 4.69) is 15.3 Å². The number of rotatable bonds is 3. The first-order chi connectivity index (χ1) is 10.1. The SMILES string of the molecule is O=C(Cc1cn2cc(Cl)ccc2n1)Nc1cccnc1Cl. The van der Waals surface area contributed by atoms with Crippen molar-refractivity contribution in [3.05, 3.63) is 58.7 Å². The summed E-state index contributed by atoms with van der Waals surface area (Å²) in [6.07, 6.45) is 5.21. The number of aromatic nitrogens is 3. The Morgan fingerprint density at radius 3 is 2.90 bits per heavy atom. The number of anilines is 1. The number of carbonyl (C=O) groups is 1. The van der Waals surface area contributed by atoms with Crippen LogP contribution in [0.15, 0.2) is 42.9 Å². The highest BCUT2D eigenvalue weighted by atomic mass is 35.5. The zero-order chi connectivity index (χ0) is 14.8. The summed E-state index contributed by atoms with van der Waals surface area (Å²) in [5.74, 6) is -0.209. The van der Waals surface area contributed by atoms with Crippen LogP contribution in [0.5, 0.6) is 0 Å². The summed E-state index contributed by atoms with van der Waals surface area (Å²) in [4.78, 5) is 20.3. The molecule has 1 amide bonds. The van der Waals surface area contributed by atoms with E-state index in [-0.39, 0.29) is 17.5 Å². The standard InChI is InChI=1S/C14H10Cl2N4O/c15-9-3-4-12-18-10(8-20(12)7-9)6-13(21)19-11-2-1-5-17-14(11)16/h1-5,7-8H,6H2,(H,19,21). The Morgan fingerprint density at radius 2 is 2.10 bits per heavy atom. The first-order valence-electron chi connectivity index (χ1n) is 6.15. The van der Waals surface area contributed by atoms with Crippen molar-refractivity contribution in [1.82, 2.24) is 14.4 Å². The van der Waals surface area contributed by atoms with E-state index in [1.165, 1.54) is 0 Å². The lowest BCUT2D eigenvalue weighted by Gasteiger charge is -2.04. The number of nitrogens with zero attached hydrogens (tertiary/aromatic N) is 3. The highest BCUT2D eigenvalue weighted by Crippen LogP contribution is 2.18. The molecule has 0 bridgehead atoms. The summed E-state index contributed by atoms with van der Waals surface area (Å²) in [6.45, 7) is 0. The summed E-state index contributed by atoms with van der Waals surface area (Å²) in [7, 11) is 0. The van der Waals surface area contributed by atoms with Gasteiger partial charge in [-0.15, -0.1) is 0 Å². The Morgan fingerprint density at radius 1 is 1.24 bits per heavy atom. The largest absolute Gasteiger partial charge is 0.323 e. The molecule has 0 radical (unpaired) electrons. The van der Waals surface area contributed by atoms with Crippen LogP contribution in [0.2, 0.25) is 10.2 Å². The molecule has 0 aliphatic rings. The minimum absolute atomic E-state index is 0.143. The summed E-state index contributed by atoms with van der Waals surface area (Å²) in [6, 6.07) is 6.94. The normalized spacial score (nSPS) is 10.8. The van der Waals surface area contributed by atoms with Gasteiger partial charge in [-0.1, -0.05) is 23.2 Å². The molecule has 3 heterocycles. The Balaban J connectivity index is 1.75. The Hall–Kier alpha value is -2.11. The minimum Gasteiger partial charge on any atom is -0.323 e. The highest BCUT2D eigenvalue weighted by Gasteiger charge is 2.10. The summed E-state index contributed by atoms with van der Waals surface area (Å²) in [5, 5.41) is 3.57. The van der Waals surface area contributed by atoms with Crippen LogP contribution in [-0.2, 0) is 11.2 Å². The molecule has 21 heavy (non-hydrogen) atoms. The molecule has 0 aromatic carbocycles. The van der Waals surface area contributed by atoms with Crippen LogP contribution >= 0.6 is 23.2 Å². The van der Waals surface area contributed by atoms with Crippen LogP contribution in [0.3, 0.4) is 0 Å². The van der Waals surface area contributed by atoms with Gasteiger partial charge in [0.1, 0.15) is 5.65 Å². The molecule has 0 fully saturated rings. The molecule has 0 atom stereocenters. The Bertz CT molecular complexity index is 816. The van der Waals surface area contributed by atoms with E-state index in [1.807, 2.05) is 0 Å². The number of carbonyl (C=O) groups excluding carboxylic acids is 1. The van der Waals surface area contributed by atoms with Crippen molar-refractivity contribution in [2.24, 2.45) is 0 Å². The third-order valence-corrected chi connectivity index (χ3v) is 3.36. The highest BCUT2D eigenvalue weighted by molar-refractivity contribution is 6.32. The van der Waals surface area contributed by atoms with Crippen LogP contribution in [0.1, 0.15) is 5.69 Å². The van der Waals surface area contributed by atoms with E-state index >= 15 is 0 Å². The molecule has 3 aromatic rings. The zero-order valence-corrected chi connectivity index (χ0v) is 12.3. The Labute approximate surface area is 130 Å². The summed E-state index contributed by atoms with van der Waals surface area (Å²) in [5.41, 5.74) is 1.87. The summed E-state index contributed by atoms with van der Waals surface area (Å²) < 4.78 is 1.78. The van der Waals surface area contributed by atoms with E-state index < -0.39 is 0 Å². The molecule has 3 aromatic heterocycles. The third kappa shape index (κ3) is 3.15.